The van der Waals surface area contributed by atoms with Crippen molar-refractivity contribution in [2.45, 2.75) is 5.44 Å². The number of aliphatic carboxylic acids is 1. The standard InChI is InChI=1S/C2H4O6S.Mg.2H/c3-1(4)2(5)9(6,7)8;;;/h2,5H,(H,3,4)(H,6,7,8);;;. The zero-order valence-corrected chi connectivity index (χ0v) is 4.87. The summed E-state index contributed by atoms with van der Waals surface area (Å²) in [6.07, 6.45) is 0. The molecule has 0 fully saturated rings. The lowest BCUT2D eigenvalue weighted by Gasteiger charge is -1.97. The molecule has 1 atom stereocenters. The van der Waals surface area contributed by atoms with Crippen molar-refractivity contribution in [1.82, 2.24) is 0 Å². The number of aliphatic hydroxyl groups is 1. The van der Waals surface area contributed by atoms with E-state index in [9.17, 15) is 13.2 Å². The molecule has 0 aromatic rings. The zero-order chi connectivity index (χ0) is 7.65. The Hall–Kier alpha value is 0.106. The fourth-order valence-electron chi connectivity index (χ4n) is 0.127. The predicted molar refractivity (Wildman–Crippen MR) is 33.7 cm³/mol. The molecule has 0 saturated heterocycles. The van der Waals surface area contributed by atoms with Gasteiger partial charge >= 0.3 is 39.1 Å². The quantitative estimate of drug-likeness (QED) is 0.318. The second-order valence-electron chi connectivity index (χ2n) is 1.21. The molecule has 0 radical (unpaired) electrons. The number of carboxylic acid groups (broad SMARTS) is 1. The third-order valence-electron chi connectivity index (χ3n) is 0.493. The van der Waals surface area contributed by atoms with Crippen molar-refractivity contribution in [3.8, 4) is 0 Å². The van der Waals surface area contributed by atoms with Crippen LogP contribution in [-0.2, 0) is 14.9 Å². The first kappa shape index (κ1) is 12.8. The molecule has 0 heterocycles. The van der Waals surface area contributed by atoms with E-state index in [1.54, 1.807) is 0 Å². The maximum absolute atomic E-state index is 9.70. The Morgan fingerprint density at radius 3 is 1.70 bits per heavy atom. The lowest BCUT2D eigenvalue weighted by atomic mass is 10.7. The molecule has 0 bridgehead atoms. The molecule has 10 heavy (non-hydrogen) atoms. The fraction of sp³-hybridized carbons (Fsp3) is 0.500. The van der Waals surface area contributed by atoms with Gasteiger partial charge in [-0.15, -0.1) is 0 Å². The van der Waals surface area contributed by atoms with E-state index >= 15 is 0 Å². The Balaban J connectivity index is 0. The topological polar surface area (TPSA) is 112 Å². The van der Waals surface area contributed by atoms with Crippen LogP contribution in [0.3, 0.4) is 0 Å². The van der Waals surface area contributed by atoms with Crippen LogP contribution < -0.4 is 0 Å². The average Bonchev–Trinajstić information content (AvgIpc) is 1.62. The molecule has 1 unspecified atom stereocenters. The van der Waals surface area contributed by atoms with Gasteiger partial charge in [0.25, 0.3) is 5.44 Å². The van der Waals surface area contributed by atoms with Gasteiger partial charge in [-0.05, 0) is 0 Å². The number of rotatable bonds is 2. The highest BCUT2D eigenvalue weighted by Crippen LogP contribution is 1.91. The maximum atomic E-state index is 9.70. The summed E-state index contributed by atoms with van der Waals surface area (Å²) in [7, 11) is -4.85. The smallest absolute Gasteiger partial charge is 0.351 e. The van der Waals surface area contributed by atoms with Crippen molar-refractivity contribution in [2.75, 3.05) is 0 Å². The van der Waals surface area contributed by atoms with Gasteiger partial charge in [-0.2, -0.15) is 8.42 Å². The van der Waals surface area contributed by atoms with Crippen LogP contribution in [0.5, 0.6) is 0 Å². The van der Waals surface area contributed by atoms with Crippen molar-refractivity contribution >= 4 is 39.1 Å². The van der Waals surface area contributed by atoms with Crippen LogP contribution in [0.15, 0.2) is 0 Å². The second-order valence-corrected chi connectivity index (χ2v) is 2.68. The van der Waals surface area contributed by atoms with Crippen LogP contribution in [0, 0.1) is 0 Å². The van der Waals surface area contributed by atoms with Gasteiger partial charge in [-0.3, -0.25) is 4.55 Å². The monoisotopic (exact) mass is 182 g/mol. The molecule has 0 aliphatic rings. The van der Waals surface area contributed by atoms with Crippen LogP contribution in [0.25, 0.3) is 0 Å². The molecule has 58 valence electrons. The summed E-state index contributed by atoms with van der Waals surface area (Å²) in [5.41, 5.74) is -2.74. The Labute approximate surface area is 72.8 Å². The molecule has 0 amide bonds. The third kappa shape index (κ3) is 4.01. The number of hydrogen-bond donors (Lipinski definition) is 3. The van der Waals surface area contributed by atoms with E-state index in [1.165, 1.54) is 0 Å². The van der Waals surface area contributed by atoms with E-state index in [0.29, 0.717) is 0 Å². The van der Waals surface area contributed by atoms with Gasteiger partial charge in [0.05, 0.1) is 0 Å². The fourth-order valence-corrected chi connectivity index (χ4v) is 0.382. The van der Waals surface area contributed by atoms with E-state index in [4.69, 9.17) is 14.8 Å². The number of aliphatic hydroxyl groups excluding tert-OH is 1. The molecule has 6 nitrogen and oxygen atoms in total. The molecule has 0 spiro atoms. The van der Waals surface area contributed by atoms with Gasteiger partial charge in [0, 0.05) is 0 Å². The minimum absolute atomic E-state index is 0. The van der Waals surface area contributed by atoms with E-state index in [1.807, 2.05) is 0 Å². The molecule has 0 aliphatic carbocycles. The van der Waals surface area contributed by atoms with E-state index in [0.717, 1.165) is 0 Å². The summed E-state index contributed by atoms with van der Waals surface area (Å²) in [6, 6.07) is 0. The molecule has 8 heteroatoms. The molecular weight excluding hydrogens is 176 g/mol. The minimum atomic E-state index is -4.85. The van der Waals surface area contributed by atoms with Gasteiger partial charge in [-0.25, -0.2) is 4.79 Å². The van der Waals surface area contributed by atoms with Crippen LogP contribution in [0.1, 0.15) is 0 Å². The lowest BCUT2D eigenvalue weighted by Crippen LogP contribution is -2.28. The normalized spacial score (nSPS) is 13.4. The van der Waals surface area contributed by atoms with Crippen LogP contribution in [-0.4, -0.2) is 57.6 Å². The van der Waals surface area contributed by atoms with Crippen molar-refractivity contribution in [2.24, 2.45) is 0 Å². The van der Waals surface area contributed by atoms with Gasteiger partial charge in [-0.1, -0.05) is 0 Å². The third-order valence-corrected chi connectivity index (χ3v) is 1.26. The molecule has 0 aromatic carbocycles. The van der Waals surface area contributed by atoms with Gasteiger partial charge in [0.2, 0.25) is 0 Å². The van der Waals surface area contributed by atoms with Crippen LogP contribution in [0.4, 0.5) is 0 Å². The van der Waals surface area contributed by atoms with E-state index < -0.39 is 21.5 Å². The summed E-state index contributed by atoms with van der Waals surface area (Å²) in [4.78, 5) is 9.56. The molecule has 3 N–H and O–H groups in total. The minimum Gasteiger partial charge on any atom is -0.478 e. The highest BCUT2D eigenvalue weighted by molar-refractivity contribution is 7.87. The van der Waals surface area contributed by atoms with Crippen molar-refractivity contribution in [3.63, 3.8) is 0 Å². The van der Waals surface area contributed by atoms with Crippen molar-refractivity contribution in [1.29, 1.82) is 0 Å². The number of carbonyl (C=O) groups is 1. The van der Waals surface area contributed by atoms with Gasteiger partial charge in [0.1, 0.15) is 0 Å². The molecular formula is C2H6MgO6S. The number of carboxylic acids is 1. The van der Waals surface area contributed by atoms with Gasteiger partial charge < -0.3 is 10.2 Å². The second kappa shape index (κ2) is 4.08. The summed E-state index contributed by atoms with van der Waals surface area (Å²) in [5, 5.41) is 15.8. The Morgan fingerprint density at radius 2 is 1.70 bits per heavy atom. The Kier molecular flexibility index (Phi) is 5.21. The summed E-state index contributed by atoms with van der Waals surface area (Å²) < 4.78 is 27.2. The molecule has 0 saturated carbocycles. The van der Waals surface area contributed by atoms with Crippen LogP contribution >= 0.6 is 0 Å². The first-order valence-electron chi connectivity index (χ1n) is 1.73. The van der Waals surface area contributed by atoms with Crippen molar-refractivity contribution in [3.05, 3.63) is 0 Å². The summed E-state index contributed by atoms with van der Waals surface area (Å²) in [5.74, 6) is -2.00. The summed E-state index contributed by atoms with van der Waals surface area (Å²) in [6.45, 7) is 0. The first-order valence-corrected chi connectivity index (χ1v) is 3.23. The molecule has 0 rings (SSSR count). The van der Waals surface area contributed by atoms with E-state index in [-0.39, 0.29) is 23.1 Å². The SMILES string of the molecule is O=C(O)C(O)S(=O)(=O)O.[MgH2]. The first-order chi connectivity index (χ1) is 3.85. The van der Waals surface area contributed by atoms with Crippen LogP contribution in [0.2, 0.25) is 0 Å². The summed E-state index contributed by atoms with van der Waals surface area (Å²) >= 11 is 0. The lowest BCUT2D eigenvalue weighted by molar-refractivity contribution is -0.142. The van der Waals surface area contributed by atoms with Crippen molar-refractivity contribution < 1.29 is 28.0 Å². The van der Waals surface area contributed by atoms with Gasteiger partial charge in [0.15, 0.2) is 0 Å². The number of hydrogen-bond acceptors (Lipinski definition) is 4. The Bertz CT molecular complexity index is 206. The molecule has 0 aliphatic heterocycles. The predicted octanol–water partition coefficient (Wildman–Crippen LogP) is -2.64. The maximum Gasteiger partial charge on any atom is 0.351 e. The van der Waals surface area contributed by atoms with E-state index in [2.05, 4.69) is 0 Å². The Morgan fingerprint density at radius 1 is 1.40 bits per heavy atom. The largest absolute Gasteiger partial charge is 0.478 e. The zero-order valence-electron chi connectivity index (χ0n) is 4.05. The average molecular weight is 182 g/mol. The molecule has 0 aromatic heterocycles. The highest BCUT2D eigenvalue weighted by atomic mass is 32.2. The highest BCUT2D eigenvalue weighted by Gasteiger charge is 2.27.